The number of aliphatic hydroxyl groups excluding tert-OH is 1. The van der Waals surface area contributed by atoms with Gasteiger partial charge in [0.15, 0.2) is 0 Å². The Hall–Kier alpha value is -0.540. The van der Waals surface area contributed by atoms with E-state index in [9.17, 15) is 9.90 Å². The van der Waals surface area contributed by atoms with E-state index in [0.717, 1.165) is 6.42 Å². The zero-order chi connectivity index (χ0) is 9.59. The Kier molecular flexibility index (Phi) is 2.08. The fourth-order valence-corrected chi connectivity index (χ4v) is 2.75. The average Bonchev–Trinajstić information content (AvgIpc) is 2.41. The van der Waals surface area contributed by atoms with Crippen molar-refractivity contribution in [3.05, 3.63) is 11.1 Å². The maximum Gasteiger partial charge on any atom is 0.306 e. The molecule has 0 saturated heterocycles. The van der Waals surface area contributed by atoms with E-state index in [0.29, 0.717) is 11.5 Å². The smallest absolute Gasteiger partial charge is 0.306 e. The number of hydrogen-bond acceptors (Lipinski definition) is 2. The van der Waals surface area contributed by atoms with Crippen molar-refractivity contribution in [3.63, 3.8) is 0 Å². The molecule has 2 aliphatic rings. The molecule has 0 aromatic carbocycles. The molecule has 4 atom stereocenters. The predicted molar refractivity (Wildman–Crippen MR) is 47.3 cm³/mol. The first-order valence-electron chi connectivity index (χ1n) is 4.37. The summed E-state index contributed by atoms with van der Waals surface area (Å²) < 4.78 is 0. The summed E-state index contributed by atoms with van der Waals surface area (Å²) in [5.41, 5.74) is 0. The molecule has 0 aromatic heterocycles. The van der Waals surface area contributed by atoms with Crippen molar-refractivity contribution < 1.29 is 15.0 Å². The van der Waals surface area contributed by atoms with Crippen LogP contribution in [-0.4, -0.2) is 22.3 Å². The van der Waals surface area contributed by atoms with E-state index in [1.807, 2.05) is 0 Å². The molecule has 0 amide bonds. The van der Waals surface area contributed by atoms with Crippen LogP contribution in [0, 0.1) is 17.8 Å². The summed E-state index contributed by atoms with van der Waals surface area (Å²) >= 11 is 5.78. The molecular formula is C9H11ClO3. The van der Waals surface area contributed by atoms with Crippen molar-refractivity contribution in [1.82, 2.24) is 0 Å². The minimum absolute atomic E-state index is 0.181. The number of hydrogen-bond donors (Lipinski definition) is 2. The predicted octanol–water partition coefficient (Wildman–Crippen LogP) is 1.21. The molecule has 0 aromatic rings. The zero-order valence-corrected chi connectivity index (χ0v) is 7.74. The molecule has 2 rings (SSSR count). The molecule has 4 unspecified atom stereocenters. The van der Waals surface area contributed by atoms with Gasteiger partial charge in [0.2, 0.25) is 0 Å². The standard InChI is InChI=1S/C9H11ClO3/c10-7-3-4-1-5(8(7)11)6(2-4)9(12)13/h3-6,8,11H,1-2H2,(H,12,13). The van der Waals surface area contributed by atoms with Crippen LogP contribution in [0.25, 0.3) is 0 Å². The Morgan fingerprint density at radius 3 is 2.85 bits per heavy atom. The molecule has 4 heteroatoms. The molecule has 2 N–H and O–H groups in total. The molecule has 0 spiro atoms. The number of carboxylic acid groups (broad SMARTS) is 1. The van der Waals surface area contributed by atoms with E-state index >= 15 is 0 Å². The third-order valence-corrected chi connectivity index (χ3v) is 3.40. The largest absolute Gasteiger partial charge is 0.481 e. The molecule has 0 radical (unpaired) electrons. The van der Waals surface area contributed by atoms with E-state index in [2.05, 4.69) is 0 Å². The Labute approximate surface area is 81.0 Å². The molecule has 2 bridgehead atoms. The fourth-order valence-electron chi connectivity index (χ4n) is 2.41. The Balaban J connectivity index is 2.24. The Morgan fingerprint density at radius 2 is 2.23 bits per heavy atom. The van der Waals surface area contributed by atoms with E-state index < -0.39 is 18.0 Å². The van der Waals surface area contributed by atoms with Gasteiger partial charge in [-0.1, -0.05) is 17.7 Å². The number of halogens is 1. The van der Waals surface area contributed by atoms with Gasteiger partial charge >= 0.3 is 5.97 Å². The minimum atomic E-state index is -0.814. The van der Waals surface area contributed by atoms with Gasteiger partial charge in [-0.2, -0.15) is 0 Å². The lowest BCUT2D eigenvalue weighted by atomic mass is 9.88. The normalized spacial score (nSPS) is 43.1. The van der Waals surface area contributed by atoms with E-state index in [1.54, 1.807) is 6.08 Å². The second-order valence-corrected chi connectivity index (χ2v) is 4.27. The van der Waals surface area contributed by atoms with Gasteiger partial charge in [0.1, 0.15) is 0 Å². The summed E-state index contributed by atoms with van der Waals surface area (Å²) in [7, 11) is 0. The third kappa shape index (κ3) is 1.36. The monoisotopic (exact) mass is 202 g/mol. The summed E-state index contributed by atoms with van der Waals surface area (Å²) in [5, 5.41) is 18.9. The van der Waals surface area contributed by atoms with Crippen LogP contribution in [0.5, 0.6) is 0 Å². The van der Waals surface area contributed by atoms with Crippen molar-refractivity contribution in [1.29, 1.82) is 0 Å². The fraction of sp³-hybridized carbons (Fsp3) is 0.667. The number of rotatable bonds is 1. The van der Waals surface area contributed by atoms with E-state index in [1.165, 1.54) is 0 Å². The number of allylic oxidation sites excluding steroid dienone is 1. The SMILES string of the molecule is O=C(O)C1CC2C=C(Cl)C(O)C1C2. The average molecular weight is 203 g/mol. The quantitative estimate of drug-likeness (QED) is 0.672. The lowest BCUT2D eigenvalue weighted by Crippen LogP contribution is -2.29. The second-order valence-electron chi connectivity index (χ2n) is 3.84. The maximum absolute atomic E-state index is 10.8. The van der Waals surface area contributed by atoms with Crippen molar-refractivity contribution >= 4 is 17.6 Å². The number of fused-ring (bicyclic) bond motifs is 2. The lowest BCUT2D eigenvalue weighted by Gasteiger charge is -2.24. The van der Waals surface area contributed by atoms with Gasteiger partial charge in [0.05, 0.1) is 12.0 Å². The second kappa shape index (κ2) is 3.00. The molecule has 0 aliphatic heterocycles. The van der Waals surface area contributed by atoms with Gasteiger partial charge in [-0.25, -0.2) is 0 Å². The van der Waals surface area contributed by atoms with Crippen LogP contribution >= 0.6 is 11.6 Å². The first-order chi connectivity index (χ1) is 6.09. The van der Waals surface area contributed by atoms with E-state index in [4.69, 9.17) is 16.7 Å². The van der Waals surface area contributed by atoms with Gasteiger partial charge < -0.3 is 10.2 Å². The lowest BCUT2D eigenvalue weighted by molar-refractivity contribution is -0.144. The highest BCUT2D eigenvalue weighted by Crippen LogP contribution is 2.46. The van der Waals surface area contributed by atoms with Crippen LogP contribution in [0.3, 0.4) is 0 Å². The zero-order valence-electron chi connectivity index (χ0n) is 6.98. The van der Waals surface area contributed by atoms with Crippen LogP contribution in [-0.2, 0) is 4.79 Å². The summed E-state index contributed by atoms with van der Waals surface area (Å²) in [6, 6.07) is 0. The first-order valence-corrected chi connectivity index (χ1v) is 4.75. The van der Waals surface area contributed by atoms with Crippen LogP contribution in [0.1, 0.15) is 12.8 Å². The highest BCUT2D eigenvalue weighted by atomic mass is 35.5. The van der Waals surface area contributed by atoms with Crippen LogP contribution in [0.4, 0.5) is 0 Å². The summed E-state index contributed by atoms with van der Waals surface area (Å²) in [4.78, 5) is 10.8. The topological polar surface area (TPSA) is 57.5 Å². The first kappa shape index (κ1) is 9.03. The van der Waals surface area contributed by atoms with Crippen LogP contribution in [0.15, 0.2) is 11.1 Å². The number of carboxylic acids is 1. The molecule has 1 saturated carbocycles. The number of aliphatic carboxylic acids is 1. The van der Waals surface area contributed by atoms with Crippen molar-refractivity contribution in [3.8, 4) is 0 Å². The molecule has 2 aliphatic carbocycles. The molecular weight excluding hydrogens is 192 g/mol. The van der Waals surface area contributed by atoms with Gasteiger partial charge in [-0.3, -0.25) is 4.79 Å². The van der Waals surface area contributed by atoms with Gasteiger partial charge in [0.25, 0.3) is 0 Å². The molecule has 13 heavy (non-hydrogen) atoms. The third-order valence-electron chi connectivity index (χ3n) is 3.05. The van der Waals surface area contributed by atoms with Gasteiger partial charge in [-0.15, -0.1) is 0 Å². The highest BCUT2D eigenvalue weighted by molar-refractivity contribution is 6.30. The van der Waals surface area contributed by atoms with Crippen LogP contribution < -0.4 is 0 Å². The van der Waals surface area contributed by atoms with E-state index in [-0.39, 0.29) is 11.8 Å². The van der Waals surface area contributed by atoms with Crippen LogP contribution in [0.2, 0.25) is 0 Å². The molecule has 1 fully saturated rings. The maximum atomic E-state index is 10.8. The van der Waals surface area contributed by atoms with Crippen molar-refractivity contribution in [2.75, 3.05) is 0 Å². The molecule has 3 nitrogen and oxygen atoms in total. The number of aliphatic hydroxyl groups is 1. The van der Waals surface area contributed by atoms with Gasteiger partial charge in [0, 0.05) is 11.0 Å². The summed E-state index contributed by atoms with van der Waals surface area (Å²) in [6.07, 6.45) is 2.41. The molecule has 72 valence electrons. The Morgan fingerprint density at radius 1 is 1.54 bits per heavy atom. The molecule has 0 heterocycles. The van der Waals surface area contributed by atoms with Gasteiger partial charge in [-0.05, 0) is 18.8 Å². The van der Waals surface area contributed by atoms with Crippen molar-refractivity contribution in [2.24, 2.45) is 17.8 Å². The summed E-state index contributed by atoms with van der Waals surface area (Å²) in [6.45, 7) is 0. The Bertz CT molecular complexity index is 274. The summed E-state index contributed by atoms with van der Waals surface area (Å²) in [5.74, 6) is -1.17. The van der Waals surface area contributed by atoms with Crippen molar-refractivity contribution in [2.45, 2.75) is 18.9 Å². The number of carbonyl (C=O) groups is 1. The highest BCUT2D eigenvalue weighted by Gasteiger charge is 2.45. The minimum Gasteiger partial charge on any atom is -0.481 e.